The number of ether oxygens (including phenoxy) is 1. The second-order valence-corrected chi connectivity index (χ2v) is 5.18. The highest BCUT2D eigenvalue weighted by Crippen LogP contribution is 2.00. The predicted octanol–water partition coefficient (Wildman–Crippen LogP) is 0.443. The van der Waals surface area contributed by atoms with E-state index in [9.17, 15) is 0 Å². The molecule has 0 atom stereocenters. The van der Waals surface area contributed by atoms with Crippen molar-refractivity contribution in [3.05, 3.63) is 0 Å². The number of guanidine groups is 1. The van der Waals surface area contributed by atoms with E-state index in [0.29, 0.717) is 6.61 Å². The smallest absolute Gasteiger partial charge is 0.191 e. The van der Waals surface area contributed by atoms with Gasteiger partial charge >= 0.3 is 0 Å². The molecule has 0 unspecified atom stereocenters. The van der Waals surface area contributed by atoms with Gasteiger partial charge in [-0.15, -0.1) is 24.0 Å². The summed E-state index contributed by atoms with van der Waals surface area (Å²) in [6.07, 6.45) is 1.26. The zero-order chi connectivity index (χ0) is 14.6. The summed E-state index contributed by atoms with van der Waals surface area (Å²) in [6.45, 7) is 11.0. The van der Waals surface area contributed by atoms with Crippen LogP contribution in [-0.4, -0.2) is 88.9 Å². The Bertz CT molecular complexity index is 278. The third kappa shape index (κ3) is 10.3. The maximum absolute atomic E-state index is 5.04. The lowest BCUT2D eigenvalue weighted by Gasteiger charge is -2.19. The van der Waals surface area contributed by atoms with Crippen molar-refractivity contribution >= 4 is 29.9 Å². The Balaban J connectivity index is 0.00000400. The molecule has 0 aliphatic carbocycles. The van der Waals surface area contributed by atoms with Gasteiger partial charge in [0.25, 0.3) is 0 Å². The molecule has 2 N–H and O–H groups in total. The van der Waals surface area contributed by atoms with E-state index in [1.165, 1.54) is 19.5 Å². The zero-order valence-electron chi connectivity index (χ0n) is 13.7. The van der Waals surface area contributed by atoms with Crippen LogP contribution < -0.4 is 10.6 Å². The maximum atomic E-state index is 5.04. The predicted molar refractivity (Wildman–Crippen MR) is 99.8 cm³/mol. The minimum Gasteiger partial charge on any atom is -0.383 e. The van der Waals surface area contributed by atoms with Gasteiger partial charge in [-0.05, 0) is 33.5 Å². The number of nitrogens with one attached hydrogen (secondary N) is 2. The number of aliphatic imine (C=N–C) groups is 1. The van der Waals surface area contributed by atoms with E-state index >= 15 is 0 Å². The van der Waals surface area contributed by atoms with Crippen molar-refractivity contribution in [3.63, 3.8) is 0 Å². The fourth-order valence-corrected chi connectivity index (χ4v) is 2.24. The highest BCUT2D eigenvalue weighted by molar-refractivity contribution is 14.0. The zero-order valence-corrected chi connectivity index (χ0v) is 16.1. The van der Waals surface area contributed by atoms with Crippen molar-refractivity contribution in [3.8, 4) is 0 Å². The van der Waals surface area contributed by atoms with Crippen molar-refractivity contribution in [1.82, 2.24) is 20.4 Å². The molecule has 0 saturated carbocycles. The summed E-state index contributed by atoms with van der Waals surface area (Å²) >= 11 is 0. The maximum Gasteiger partial charge on any atom is 0.191 e. The van der Waals surface area contributed by atoms with E-state index in [1.807, 2.05) is 0 Å². The van der Waals surface area contributed by atoms with Crippen molar-refractivity contribution < 1.29 is 4.74 Å². The van der Waals surface area contributed by atoms with E-state index in [0.717, 1.165) is 45.2 Å². The number of rotatable bonds is 7. The highest BCUT2D eigenvalue weighted by atomic mass is 127. The summed E-state index contributed by atoms with van der Waals surface area (Å²) < 4.78 is 5.04. The Labute approximate surface area is 146 Å². The molecule has 6 nitrogen and oxygen atoms in total. The molecule has 0 aromatic heterocycles. The van der Waals surface area contributed by atoms with E-state index in [4.69, 9.17) is 4.74 Å². The van der Waals surface area contributed by atoms with E-state index in [2.05, 4.69) is 39.4 Å². The molecule has 1 heterocycles. The van der Waals surface area contributed by atoms with Crippen molar-refractivity contribution in [2.45, 2.75) is 13.3 Å². The molecule has 0 amide bonds. The van der Waals surface area contributed by atoms with Gasteiger partial charge in [-0.25, -0.2) is 0 Å². The SMILES string of the molecule is CCNC(=NCCN1CCCN(C)CC1)NCCOC.I. The standard InChI is InChI=1S/C14H31N5O.HI/c1-4-15-14(17-7-13-20-3)16-6-10-19-9-5-8-18(2)11-12-19;/h4-13H2,1-3H3,(H2,15,16,17);1H. The van der Waals surface area contributed by atoms with Gasteiger partial charge in [0.15, 0.2) is 5.96 Å². The first kappa shape index (κ1) is 20.9. The Morgan fingerprint density at radius 2 is 2.00 bits per heavy atom. The molecule has 21 heavy (non-hydrogen) atoms. The average Bonchev–Trinajstić information content (AvgIpc) is 2.64. The third-order valence-electron chi connectivity index (χ3n) is 3.44. The second-order valence-electron chi connectivity index (χ2n) is 5.18. The van der Waals surface area contributed by atoms with Crippen LogP contribution in [0.2, 0.25) is 0 Å². The molecule has 0 aromatic carbocycles. The van der Waals surface area contributed by atoms with Crippen LogP contribution >= 0.6 is 24.0 Å². The molecule has 0 radical (unpaired) electrons. The summed E-state index contributed by atoms with van der Waals surface area (Å²) in [5.74, 6) is 0.886. The molecular formula is C14H32IN5O. The Morgan fingerprint density at radius 3 is 2.71 bits per heavy atom. The Morgan fingerprint density at radius 1 is 1.19 bits per heavy atom. The lowest BCUT2D eigenvalue weighted by atomic mass is 10.4. The molecular weight excluding hydrogens is 381 g/mol. The minimum atomic E-state index is 0. The summed E-state index contributed by atoms with van der Waals surface area (Å²) in [6, 6.07) is 0. The molecule has 0 bridgehead atoms. The van der Waals surface area contributed by atoms with Gasteiger partial charge in [0.1, 0.15) is 0 Å². The first-order valence-corrected chi connectivity index (χ1v) is 7.68. The number of methoxy groups -OCH3 is 1. The van der Waals surface area contributed by atoms with Gasteiger partial charge < -0.3 is 25.2 Å². The number of likely N-dealkylation sites (N-methyl/N-ethyl adjacent to an activating group) is 1. The van der Waals surface area contributed by atoms with Crippen LogP contribution in [0.3, 0.4) is 0 Å². The van der Waals surface area contributed by atoms with Crippen LogP contribution in [0.1, 0.15) is 13.3 Å². The van der Waals surface area contributed by atoms with Gasteiger partial charge in [0.05, 0.1) is 13.2 Å². The van der Waals surface area contributed by atoms with Crippen LogP contribution in [-0.2, 0) is 4.74 Å². The van der Waals surface area contributed by atoms with Crippen molar-refractivity contribution in [1.29, 1.82) is 0 Å². The van der Waals surface area contributed by atoms with Gasteiger partial charge in [0, 0.05) is 39.8 Å². The minimum absolute atomic E-state index is 0. The fourth-order valence-electron chi connectivity index (χ4n) is 2.24. The number of halogens is 1. The lowest BCUT2D eigenvalue weighted by Crippen LogP contribution is -2.39. The van der Waals surface area contributed by atoms with Gasteiger partial charge in [-0.1, -0.05) is 0 Å². The quantitative estimate of drug-likeness (QED) is 0.275. The summed E-state index contributed by atoms with van der Waals surface area (Å²) in [5, 5.41) is 6.52. The molecule has 1 rings (SSSR count). The molecule has 0 spiro atoms. The molecule has 1 aliphatic heterocycles. The Hall–Kier alpha value is -0.120. The molecule has 7 heteroatoms. The van der Waals surface area contributed by atoms with Crippen LogP contribution in [0.4, 0.5) is 0 Å². The molecule has 1 saturated heterocycles. The van der Waals surface area contributed by atoms with Crippen LogP contribution in [0.5, 0.6) is 0 Å². The third-order valence-corrected chi connectivity index (χ3v) is 3.44. The average molecular weight is 413 g/mol. The van der Waals surface area contributed by atoms with Crippen LogP contribution in [0, 0.1) is 0 Å². The second kappa shape index (κ2) is 13.5. The van der Waals surface area contributed by atoms with Crippen molar-refractivity contribution in [2.75, 3.05) is 73.1 Å². The first-order valence-electron chi connectivity index (χ1n) is 7.68. The van der Waals surface area contributed by atoms with E-state index in [-0.39, 0.29) is 24.0 Å². The highest BCUT2D eigenvalue weighted by Gasteiger charge is 2.11. The normalized spacial score (nSPS) is 18.0. The van der Waals surface area contributed by atoms with Gasteiger partial charge in [-0.2, -0.15) is 0 Å². The lowest BCUT2D eigenvalue weighted by molar-refractivity contribution is 0.203. The number of nitrogens with zero attached hydrogens (tertiary/aromatic N) is 3. The summed E-state index contributed by atoms with van der Waals surface area (Å²) in [4.78, 5) is 9.52. The van der Waals surface area contributed by atoms with Gasteiger partial charge in [0.2, 0.25) is 0 Å². The summed E-state index contributed by atoms with van der Waals surface area (Å²) in [5.41, 5.74) is 0. The molecule has 1 fully saturated rings. The Kier molecular flexibility index (Phi) is 13.5. The number of hydrogen-bond donors (Lipinski definition) is 2. The summed E-state index contributed by atoms with van der Waals surface area (Å²) in [7, 11) is 3.91. The fraction of sp³-hybridized carbons (Fsp3) is 0.929. The molecule has 1 aliphatic rings. The molecule has 0 aromatic rings. The monoisotopic (exact) mass is 413 g/mol. The van der Waals surface area contributed by atoms with E-state index in [1.54, 1.807) is 7.11 Å². The van der Waals surface area contributed by atoms with E-state index < -0.39 is 0 Å². The molecule has 126 valence electrons. The van der Waals surface area contributed by atoms with Crippen LogP contribution in [0.25, 0.3) is 0 Å². The first-order chi connectivity index (χ1) is 9.76. The van der Waals surface area contributed by atoms with Crippen molar-refractivity contribution in [2.24, 2.45) is 4.99 Å². The largest absolute Gasteiger partial charge is 0.383 e. The number of hydrogen-bond acceptors (Lipinski definition) is 4. The van der Waals surface area contributed by atoms with Gasteiger partial charge in [-0.3, -0.25) is 4.99 Å². The topological polar surface area (TPSA) is 52.1 Å². The van der Waals surface area contributed by atoms with Crippen LogP contribution in [0.15, 0.2) is 4.99 Å².